The van der Waals surface area contributed by atoms with Crippen molar-refractivity contribution in [1.29, 1.82) is 5.26 Å². The highest BCUT2D eigenvalue weighted by atomic mass is 19.3. The summed E-state index contributed by atoms with van der Waals surface area (Å²) in [5.74, 6) is -3.16. The zero-order chi connectivity index (χ0) is 25.5. The van der Waals surface area contributed by atoms with E-state index in [0.717, 1.165) is 0 Å². The van der Waals surface area contributed by atoms with Gasteiger partial charge in [-0.05, 0) is 25.7 Å². The van der Waals surface area contributed by atoms with Crippen LogP contribution >= 0.6 is 0 Å². The number of nitrogens with zero attached hydrogens (tertiary/aromatic N) is 3. The quantitative estimate of drug-likeness (QED) is 0.470. The van der Waals surface area contributed by atoms with Gasteiger partial charge in [-0.2, -0.15) is 10.2 Å². The summed E-state index contributed by atoms with van der Waals surface area (Å²) >= 11 is 0. The van der Waals surface area contributed by atoms with Crippen LogP contribution in [0.5, 0.6) is 11.8 Å². The molecule has 35 heavy (non-hydrogen) atoms. The molecule has 1 fully saturated rings. The fourth-order valence-corrected chi connectivity index (χ4v) is 3.82. The van der Waals surface area contributed by atoms with Crippen LogP contribution in [0.2, 0.25) is 0 Å². The minimum atomic E-state index is -2.84. The SMILES string of the molecule is Cn1c(OC2CCC(OC[C@H](CF)NC(=O)CC#N)CC2)nc2c(F)cc(OCC(F)F)c(F)c21. The Balaban J connectivity index is 1.57. The first-order chi connectivity index (χ1) is 16.7. The van der Waals surface area contributed by atoms with Gasteiger partial charge in [-0.3, -0.25) is 9.36 Å². The summed E-state index contributed by atoms with van der Waals surface area (Å²) in [6.45, 7) is -1.94. The number of nitrogens with one attached hydrogen (secondary N) is 1. The lowest BCUT2D eigenvalue weighted by Crippen LogP contribution is -2.41. The Hall–Kier alpha value is -3.14. The number of imidazole rings is 1. The number of nitriles is 1. The largest absolute Gasteiger partial charge is 0.484 e. The van der Waals surface area contributed by atoms with Gasteiger partial charge in [-0.1, -0.05) is 0 Å². The standard InChI is InChI=1S/C22H25F5N4O4/c1-31-21-19(27)16(34-11-17(25)26)8-15(24)20(21)30-22(31)35-14-4-2-13(3-5-14)33-10-12(9-23)29-18(32)6-7-28/h8,12-14,17H,2-6,9-11H2,1H3,(H,29,32)/t12-,13?,14?/m0/s1. The molecule has 1 aromatic carbocycles. The van der Waals surface area contributed by atoms with E-state index in [9.17, 15) is 26.7 Å². The third kappa shape index (κ3) is 6.72. The smallest absolute Gasteiger partial charge is 0.297 e. The molecule has 1 amide bonds. The highest BCUT2D eigenvalue weighted by molar-refractivity contribution is 5.80. The number of hydrogen-bond donors (Lipinski definition) is 1. The molecule has 1 N–H and O–H groups in total. The van der Waals surface area contributed by atoms with Crippen molar-refractivity contribution >= 4 is 16.9 Å². The molecule has 0 bridgehead atoms. The van der Waals surface area contributed by atoms with Gasteiger partial charge in [-0.15, -0.1) is 0 Å². The summed E-state index contributed by atoms with van der Waals surface area (Å²) in [5.41, 5.74) is -0.575. The van der Waals surface area contributed by atoms with Gasteiger partial charge in [0.15, 0.2) is 17.4 Å². The monoisotopic (exact) mass is 504 g/mol. The van der Waals surface area contributed by atoms with Crippen LogP contribution in [0.3, 0.4) is 0 Å². The van der Waals surface area contributed by atoms with E-state index in [4.69, 9.17) is 14.7 Å². The molecule has 0 radical (unpaired) electrons. The van der Waals surface area contributed by atoms with E-state index in [1.165, 1.54) is 11.6 Å². The van der Waals surface area contributed by atoms with Crippen LogP contribution in [0.4, 0.5) is 22.0 Å². The lowest BCUT2D eigenvalue weighted by molar-refractivity contribution is -0.121. The number of hydrogen-bond acceptors (Lipinski definition) is 6. The Morgan fingerprint density at radius 2 is 1.94 bits per heavy atom. The van der Waals surface area contributed by atoms with Crippen molar-refractivity contribution in [3.05, 3.63) is 17.7 Å². The molecule has 0 aliphatic heterocycles. The van der Waals surface area contributed by atoms with Crippen LogP contribution in [-0.2, 0) is 16.6 Å². The first-order valence-corrected chi connectivity index (χ1v) is 11.0. The van der Waals surface area contributed by atoms with Crippen molar-refractivity contribution in [2.24, 2.45) is 7.05 Å². The van der Waals surface area contributed by atoms with Crippen LogP contribution in [-0.4, -0.2) is 60.0 Å². The molecule has 1 aliphatic rings. The highest BCUT2D eigenvalue weighted by Gasteiger charge is 2.27. The molecule has 1 aromatic heterocycles. The summed E-state index contributed by atoms with van der Waals surface area (Å²) in [4.78, 5) is 15.4. The van der Waals surface area contributed by atoms with Crippen LogP contribution in [0.25, 0.3) is 11.0 Å². The van der Waals surface area contributed by atoms with E-state index in [-0.39, 0.29) is 42.3 Å². The van der Waals surface area contributed by atoms with Gasteiger partial charge in [0.2, 0.25) is 5.91 Å². The molecule has 1 atom stereocenters. The Kier molecular flexibility index (Phi) is 9.08. The Morgan fingerprint density at radius 3 is 2.57 bits per heavy atom. The zero-order valence-corrected chi connectivity index (χ0v) is 18.9. The fourth-order valence-electron chi connectivity index (χ4n) is 3.82. The molecule has 2 aromatic rings. The Labute approximate surface area is 197 Å². The number of alkyl halides is 3. The van der Waals surface area contributed by atoms with Crippen LogP contribution in [0, 0.1) is 23.0 Å². The van der Waals surface area contributed by atoms with E-state index >= 15 is 0 Å². The number of aryl methyl sites for hydroxylation is 1. The maximum atomic E-state index is 14.8. The predicted octanol–water partition coefficient (Wildman–Crippen LogP) is 3.57. The molecule has 3 rings (SSSR count). The molecule has 1 heterocycles. The average Bonchev–Trinajstić information content (AvgIpc) is 3.15. The van der Waals surface area contributed by atoms with Crippen molar-refractivity contribution < 1.29 is 41.0 Å². The Morgan fingerprint density at radius 1 is 1.26 bits per heavy atom. The van der Waals surface area contributed by atoms with E-state index < -0.39 is 49.0 Å². The van der Waals surface area contributed by atoms with Crippen molar-refractivity contribution in [3.8, 4) is 17.8 Å². The fraction of sp³-hybridized carbons (Fsp3) is 0.591. The van der Waals surface area contributed by atoms with Gasteiger partial charge < -0.3 is 19.5 Å². The number of halogens is 5. The molecule has 0 saturated heterocycles. The second kappa shape index (κ2) is 12.0. The first kappa shape index (κ1) is 26.5. The lowest BCUT2D eigenvalue weighted by atomic mass is 9.95. The van der Waals surface area contributed by atoms with Gasteiger partial charge >= 0.3 is 0 Å². The minimum Gasteiger partial charge on any atom is -0.484 e. The van der Waals surface area contributed by atoms with Crippen molar-refractivity contribution in [3.63, 3.8) is 0 Å². The predicted molar refractivity (Wildman–Crippen MR) is 113 cm³/mol. The van der Waals surface area contributed by atoms with Gasteiger partial charge in [0.05, 0.1) is 24.8 Å². The number of fused-ring (bicyclic) bond motifs is 1. The molecule has 8 nitrogen and oxygen atoms in total. The summed E-state index contributed by atoms with van der Waals surface area (Å²) in [6, 6.07) is 1.48. The maximum absolute atomic E-state index is 14.8. The van der Waals surface area contributed by atoms with E-state index in [0.29, 0.717) is 31.7 Å². The number of carbonyl (C=O) groups is 1. The van der Waals surface area contributed by atoms with E-state index in [2.05, 4.69) is 15.0 Å². The first-order valence-electron chi connectivity index (χ1n) is 11.0. The molecule has 1 aliphatic carbocycles. The number of aromatic nitrogens is 2. The molecule has 192 valence electrons. The summed E-state index contributed by atoms with van der Waals surface area (Å²) < 4.78 is 84.5. The van der Waals surface area contributed by atoms with Gasteiger partial charge in [0.25, 0.3) is 12.4 Å². The normalized spacial score (nSPS) is 18.9. The van der Waals surface area contributed by atoms with Gasteiger partial charge in [0, 0.05) is 13.1 Å². The van der Waals surface area contributed by atoms with Crippen molar-refractivity contribution in [1.82, 2.24) is 14.9 Å². The number of ether oxygens (including phenoxy) is 3. The molecule has 0 unspecified atom stereocenters. The minimum absolute atomic E-state index is 0.0362. The van der Waals surface area contributed by atoms with Crippen molar-refractivity contribution in [2.75, 3.05) is 19.9 Å². The summed E-state index contributed by atoms with van der Waals surface area (Å²) in [5, 5.41) is 10.9. The molecule has 0 spiro atoms. The molecular weight excluding hydrogens is 479 g/mol. The zero-order valence-electron chi connectivity index (χ0n) is 18.9. The maximum Gasteiger partial charge on any atom is 0.297 e. The van der Waals surface area contributed by atoms with Crippen molar-refractivity contribution in [2.45, 2.75) is 56.8 Å². The highest BCUT2D eigenvalue weighted by Crippen LogP contribution is 2.33. The third-order valence-electron chi connectivity index (χ3n) is 5.54. The number of rotatable bonds is 11. The Bertz CT molecular complexity index is 1070. The molecular formula is C22H25F5N4O4. The number of benzene rings is 1. The third-order valence-corrected chi connectivity index (χ3v) is 5.54. The number of carbonyl (C=O) groups excluding carboxylic acids is 1. The summed E-state index contributed by atoms with van der Waals surface area (Å²) in [7, 11) is 1.41. The topological polar surface area (TPSA) is 98.4 Å². The molecule has 13 heteroatoms. The second-order valence-electron chi connectivity index (χ2n) is 8.13. The lowest BCUT2D eigenvalue weighted by Gasteiger charge is -2.29. The van der Waals surface area contributed by atoms with Crippen LogP contribution < -0.4 is 14.8 Å². The van der Waals surface area contributed by atoms with E-state index in [1.54, 1.807) is 6.07 Å². The van der Waals surface area contributed by atoms with Gasteiger partial charge in [-0.25, -0.2) is 22.0 Å². The average molecular weight is 504 g/mol. The molecule has 1 saturated carbocycles. The second-order valence-corrected chi connectivity index (χ2v) is 8.13. The van der Waals surface area contributed by atoms with Gasteiger partial charge in [0.1, 0.15) is 36.8 Å². The number of amides is 1. The van der Waals surface area contributed by atoms with E-state index in [1.807, 2.05) is 0 Å². The summed E-state index contributed by atoms with van der Waals surface area (Å²) in [6.07, 6.45) is -1.53. The van der Waals surface area contributed by atoms with Crippen LogP contribution in [0.15, 0.2) is 6.07 Å². The van der Waals surface area contributed by atoms with Crippen LogP contribution in [0.1, 0.15) is 32.1 Å².